The van der Waals surface area contributed by atoms with Crippen molar-refractivity contribution in [3.8, 4) is 6.07 Å². The number of aromatic nitrogens is 3. The highest BCUT2D eigenvalue weighted by molar-refractivity contribution is 5.87. The van der Waals surface area contributed by atoms with E-state index in [4.69, 9.17) is 5.73 Å². The fraction of sp³-hybridized carbons (Fsp3) is 0.143. The maximum absolute atomic E-state index is 12.9. The number of anilines is 2. The van der Waals surface area contributed by atoms with Gasteiger partial charge in [-0.1, -0.05) is 12.1 Å². The van der Waals surface area contributed by atoms with Crippen LogP contribution in [0.3, 0.4) is 0 Å². The van der Waals surface area contributed by atoms with Crippen LogP contribution in [0.2, 0.25) is 0 Å². The molecule has 2 rings (SSSR count). The van der Waals surface area contributed by atoms with Gasteiger partial charge in [-0.3, -0.25) is 0 Å². The number of halogens is 1. The summed E-state index contributed by atoms with van der Waals surface area (Å²) in [5.41, 5.74) is 6.51. The van der Waals surface area contributed by atoms with E-state index in [1.165, 1.54) is 12.1 Å². The molecule has 0 fully saturated rings. The summed E-state index contributed by atoms with van der Waals surface area (Å²) in [5.74, 6) is 0.227. The van der Waals surface area contributed by atoms with Crippen molar-refractivity contribution < 1.29 is 4.39 Å². The van der Waals surface area contributed by atoms with Gasteiger partial charge in [0.15, 0.2) is 5.82 Å². The van der Waals surface area contributed by atoms with Crippen molar-refractivity contribution in [3.63, 3.8) is 0 Å². The summed E-state index contributed by atoms with van der Waals surface area (Å²) in [4.78, 5) is 13.8. The van der Waals surface area contributed by atoms with Gasteiger partial charge in [-0.2, -0.15) is 20.2 Å². The predicted molar refractivity (Wildman–Crippen MR) is 78.5 cm³/mol. The third-order valence-electron chi connectivity index (χ3n) is 2.58. The van der Waals surface area contributed by atoms with E-state index >= 15 is 0 Å². The van der Waals surface area contributed by atoms with Crippen LogP contribution in [-0.4, -0.2) is 29.0 Å². The number of nitrogen functional groups attached to an aromatic ring is 1. The average Bonchev–Trinajstić information content (AvgIpc) is 2.46. The maximum Gasteiger partial charge on any atom is 0.230 e. The zero-order chi connectivity index (χ0) is 15.4. The van der Waals surface area contributed by atoms with Crippen molar-refractivity contribution in [1.82, 2.24) is 15.0 Å². The molecule has 2 N–H and O–H groups in total. The number of nitrogens with two attached hydrogens (primary N) is 1. The summed E-state index contributed by atoms with van der Waals surface area (Å²) in [6.45, 7) is 0. The molecule has 0 bridgehead atoms. The lowest BCUT2D eigenvalue weighted by atomic mass is 10.1. The summed E-state index contributed by atoms with van der Waals surface area (Å²) < 4.78 is 12.9. The van der Waals surface area contributed by atoms with Crippen molar-refractivity contribution >= 4 is 23.5 Å². The second-order valence-electron chi connectivity index (χ2n) is 4.43. The number of nitrogens with zero attached hydrogens (tertiary/aromatic N) is 5. The fourth-order valence-corrected chi connectivity index (χ4v) is 1.57. The van der Waals surface area contributed by atoms with Gasteiger partial charge in [-0.05, 0) is 23.8 Å². The maximum atomic E-state index is 12.9. The smallest absolute Gasteiger partial charge is 0.230 e. The highest BCUT2D eigenvalue weighted by Gasteiger charge is 2.10. The molecule has 0 aliphatic carbocycles. The molecule has 1 heterocycles. The first-order chi connectivity index (χ1) is 9.99. The van der Waals surface area contributed by atoms with Crippen molar-refractivity contribution in [2.75, 3.05) is 24.7 Å². The van der Waals surface area contributed by atoms with Crippen LogP contribution >= 0.6 is 0 Å². The van der Waals surface area contributed by atoms with Gasteiger partial charge in [-0.15, -0.1) is 0 Å². The Labute approximate surface area is 121 Å². The molecule has 7 heteroatoms. The van der Waals surface area contributed by atoms with Crippen LogP contribution in [0, 0.1) is 17.1 Å². The second-order valence-corrected chi connectivity index (χ2v) is 4.43. The van der Waals surface area contributed by atoms with Gasteiger partial charge in [0.2, 0.25) is 11.9 Å². The van der Waals surface area contributed by atoms with Crippen molar-refractivity contribution in [2.24, 2.45) is 0 Å². The van der Waals surface area contributed by atoms with E-state index in [1.807, 2.05) is 6.07 Å². The van der Waals surface area contributed by atoms with Gasteiger partial charge < -0.3 is 10.6 Å². The molecule has 6 nitrogen and oxygen atoms in total. The molecule has 1 aromatic carbocycles. The largest absolute Gasteiger partial charge is 0.368 e. The molecule has 21 heavy (non-hydrogen) atoms. The summed E-state index contributed by atoms with van der Waals surface area (Å²) in [6, 6.07) is 7.76. The van der Waals surface area contributed by atoms with Crippen LogP contribution in [0.25, 0.3) is 11.6 Å². The average molecular weight is 284 g/mol. The van der Waals surface area contributed by atoms with Crippen LogP contribution in [0.15, 0.2) is 24.3 Å². The summed E-state index contributed by atoms with van der Waals surface area (Å²) in [6.07, 6.45) is 1.56. The lowest BCUT2D eigenvalue weighted by Gasteiger charge is -2.10. The van der Waals surface area contributed by atoms with Crippen LogP contribution in [-0.2, 0) is 0 Å². The molecule has 0 aliphatic rings. The molecule has 106 valence electrons. The van der Waals surface area contributed by atoms with Gasteiger partial charge >= 0.3 is 0 Å². The molecule has 0 atom stereocenters. The lowest BCUT2D eigenvalue weighted by Crippen LogP contribution is -2.15. The van der Waals surface area contributed by atoms with E-state index in [0.29, 0.717) is 11.5 Å². The molecule has 0 radical (unpaired) electrons. The highest BCUT2D eigenvalue weighted by Crippen LogP contribution is 2.17. The number of hydrogen-bond donors (Lipinski definition) is 1. The van der Waals surface area contributed by atoms with E-state index in [9.17, 15) is 9.65 Å². The number of hydrogen-bond acceptors (Lipinski definition) is 6. The third kappa shape index (κ3) is 3.51. The zero-order valence-electron chi connectivity index (χ0n) is 11.6. The summed E-state index contributed by atoms with van der Waals surface area (Å²) >= 11 is 0. The monoisotopic (exact) mass is 284 g/mol. The summed E-state index contributed by atoms with van der Waals surface area (Å²) in [5, 5.41) is 9.27. The van der Waals surface area contributed by atoms with Gasteiger partial charge in [0.25, 0.3) is 0 Å². The SMILES string of the molecule is CN(C)c1nc(N)nc(/C(C#N)=C/c2ccc(F)cc2)n1. The van der Waals surface area contributed by atoms with E-state index < -0.39 is 0 Å². The first-order valence-corrected chi connectivity index (χ1v) is 6.06. The summed E-state index contributed by atoms with van der Waals surface area (Å²) in [7, 11) is 3.52. The number of nitriles is 1. The molecule has 0 amide bonds. The molecule has 0 unspecified atom stereocenters. The number of allylic oxidation sites excluding steroid dienone is 1. The molecular weight excluding hydrogens is 271 g/mol. The second kappa shape index (κ2) is 5.96. The fourth-order valence-electron chi connectivity index (χ4n) is 1.57. The molecule has 0 saturated heterocycles. The van der Waals surface area contributed by atoms with E-state index in [1.54, 1.807) is 37.2 Å². The minimum absolute atomic E-state index is 0.0314. The Kier molecular flexibility index (Phi) is 4.09. The van der Waals surface area contributed by atoms with E-state index in [-0.39, 0.29) is 23.2 Å². The predicted octanol–water partition coefficient (Wildman–Crippen LogP) is 1.72. The van der Waals surface area contributed by atoms with Crippen molar-refractivity contribution in [1.29, 1.82) is 5.26 Å². The topological polar surface area (TPSA) is 91.7 Å². The zero-order valence-corrected chi connectivity index (χ0v) is 11.6. The molecule has 2 aromatic rings. The van der Waals surface area contributed by atoms with Crippen LogP contribution in [0.4, 0.5) is 16.3 Å². The van der Waals surface area contributed by atoms with Crippen molar-refractivity contribution in [3.05, 3.63) is 41.5 Å². The van der Waals surface area contributed by atoms with Crippen LogP contribution in [0.5, 0.6) is 0 Å². The number of benzene rings is 1. The first-order valence-electron chi connectivity index (χ1n) is 6.06. The van der Waals surface area contributed by atoms with E-state index in [0.717, 1.165) is 0 Å². The molecule has 1 aromatic heterocycles. The molecule has 0 saturated carbocycles. The minimum atomic E-state index is -0.343. The quantitative estimate of drug-likeness (QED) is 0.863. The Morgan fingerprint density at radius 3 is 2.48 bits per heavy atom. The number of rotatable bonds is 3. The van der Waals surface area contributed by atoms with Crippen LogP contribution < -0.4 is 10.6 Å². The molecule has 0 spiro atoms. The third-order valence-corrected chi connectivity index (χ3v) is 2.58. The van der Waals surface area contributed by atoms with E-state index in [2.05, 4.69) is 15.0 Å². The van der Waals surface area contributed by atoms with Crippen molar-refractivity contribution in [2.45, 2.75) is 0 Å². The Morgan fingerprint density at radius 1 is 1.24 bits per heavy atom. The standard InChI is InChI=1S/C14H13FN6/c1-21(2)14-19-12(18-13(17)20-14)10(8-16)7-9-3-5-11(15)6-4-9/h3-7H,1-2H3,(H2,17,18,19,20)/b10-7+. The van der Waals surface area contributed by atoms with Gasteiger partial charge in [0, 0.05) is 14.1 Å². The first kappa shape index (κ1) is 14.4. The Hall–Kier alpha value is -3.01. The lowest BCUT2D eigenvalue weighted by molar-refractivity contribution is 0.628. The van der Waals surface area contributed by atoms with Crippen LogP contribution in [0.1, 0.15) is 11.4 Å². The van der Waals surface area contributed by atoms with Gasteiger partial charge in [-0.25, -0.2) is 4.39 Å². The minimum Gasteiger partial charge on any atom is -0.368 e. The van der Waals surface area contributed by atoms with Gasteiger partial charge in [0.1, 0.15) is 11.9 Å². The Balaban J connectivity index is 2.46. The molecular formula is C14H13FN6. The Morgan fingerprint density at radius 2 is 1.90 bits per heavy atom. The highest BCUT2D eigenvalue weighted by atomic mass is 19.1. The van der Waals surface area contributed by atoms with Gasteiger partial charge in [0.05, 0.1) is 5.57 Å². The Bertz CT molecular complexity index is 715. The normalized spacial score (nSPS) is 11.0. The molecule has 0 aliphatic heterocycles.